The Bertz CT molecular complexity index is 615. The van der Waals surface area contributed by atoms with Crippen LogP contribution in [-0.4, -0.2) is 52.0 Å². The Morgan fingerprint density at radius 2 is 2.17 bits per heavy atom. The van der Waals surface area contributed by atoms with Gasteiger partial charge in [0.15, 0.2) is 6.10 Å². The fourth-order valence-corrected chi connectivity index (χ4v) is 2.17. The Morgan fingerprint density at radius 3 is 2.70 bits per heavy atom. The van der Waals surface area contributed by atoms with Crippen LogP contribution in [0, 0.1) is 0 Å². The molecule has 2 N–H and O–H groups in total. The van der Waals surface area contributed by atoms with E-state index in [0.29, 0.717) is 4.57 Å². The third-order valence-electron chi connectivity index (χ3n) is 3.40. The van der Waals surface area contributed by atoms with Gasteiger partial charge in [0.2, 0.25) is 6.23 Å². The maximum absolute atomic E-state index is 14.3. The highest BCUT2D eigenvalue weighted by molar-refractivity contribution is 5.30. The van der Waals surface area contributed by atoms with Crippen molar-refractivity contribution < 1.29 is 23.4 Å². The minimum absolute atomic E-state index is 0.215. The molecule has 0 spiro atoms. The summed E-state index contributed by atoms with van der Waals surface area (Å²) in [6, 6.07) is 1.37. The van der Waals surface area contributed by atoms with Crippen LogP contribution in [0.1, 0.15) is 27.0 Å². The second-order valence-corrected chi connectivity index (χ2v) is 6.32. The van der Waals surface area contributed by atoms with Gasteiger partial charge >= 0.3 is 11.6 Å². The Labute approximate surface area is 132 Å². The summed E-state index contributed by atoms with van der Waals surface area (Å²) in [6.07, 6.45) is -4.10. The van der Waals surface area contributed by atoms with Gasteiger partial charge in [-0.3, -0.25) is 4.57 Å². The van der Waals surface area contributed by atoms with Crippen molar-refractivity contribution >= 4 is 5.82 Å². The molecule has 0 saturated carbocycles. The number of rotatable bonds is 4. The van der Waals surface area contributed by atoms with Crippen LogP contribution in [0.25, 0.3) is 0 Å². The molecule has 23 heavy (non-hydrogen) atoms. The summed E-state index contributed by atoms with van der Waals surface area (Å²) in [5.41, 5.74) is -1.46. The maximum Gasteiger partial charge on any atom is 0.351 e. The van der Waals surface area contributed by atoms with Crippen LogP contribution in [0.2, 0.25) is 0 Å². The smallest absolute Gasteiger partial charge is 0.351 e. The normalized spacial score (nSPS) is 27.2. The zero-order chi connectivity index (χ0) is 17.4. The van der Waals surface area contributed by atoms with E-state index in [9.17, 15) is 18.7 Å². The summed E-state index contributed by atoms with van der Waals surface area (Å²) in [6.45, 7) is 5.06. The predicted octanol–water partition coefficient (Wildman–Crippen LogP) is 0.994. The van der Waals surface area contributed by atoms with E-state index in [2.05, 4.69) is 10.3 Å². The number of anilines is 1. The fourth-order valence-electron chi connectivity index (χ4n) is 2.17. The number of hydrogen-bond acceptors (Lipinski definition) is 6. The molecule has 0 amide bonds. The minimum atomic E-state index is -3.64. The molecule has 7 nitrogen and oxygen atoms in total. The topological polar surface area (TPSA) is 85.6 Å². The van der Waals surface area contributed by atoms with E-state index in [-0.39, 0.29) is 12.4 Å². The molecular weight excluding hydrogens is 312 g/mol. The van der Waals surface area contributed by atoms with E-state index in [1.807, 2.05) is 0 Å². The molecule has 9 heteroatoms. The predicted molar refractivity (Wildman–Crippen MR) is 78.6 cm³/mol. The lowest BCUT2D eigenvalue weighted by Crippen LogP contribution is -2.42. The van der Waals surface area contributed by atoms with Crippen molar-refractivity contribution in [1.82, 2.24) is 9.55 Å². The molecular formula is C14H21F2N3O4. The largest absolute Gasteiger partial charge is 0.384 e. The van der Waals surface area contributed by atoms with Gasteiger partial charge < -0.3 is 19.9 Å². The number of halogens is 2. The molecule has 1 saturated heterocycles. The molecule has 1 aliphatic rings. The highest BCUT2D eigenvalue weighted by Gasteiger charge is 2.59. The molecule has 0 aromatic carbocycles. The van der Waals surface area contributed by atoms with Gasteiger partial charge in [-0.25, -0.2) is 4.79 Å². The summed E-state index contributed by atoms with van der Waals surface area (Å²) in [5.74, 6) is -3.39. The molecule has 2 rings (SSSR count). The molecule has 0 radical (unpaired) electrons. The first-order chi connectivity index (χ1) is 10.6. The van der Waals surface area contributed by atoms with Crippen LogP contribution < -0.4 is 11.0 Å². The van der Waals surface area contributed by atoms with E-state index in [1.165, 1.54) is 6.07 Å². The van der Waals surface area contributed by atoms with Crippen molar-refractivity contribution in [2.24, 2.45) is 0 Å². The Balaban J connectivity index is 2.24. The van der Waals surface area contributed by atoms with Gasteiger partial charge in [0.1, 0.15) is 11.9 Å². The van der Waals surface area contributed by atoms with Crippen molar-refractivity contribution in [2.75, 3.05) is 19.0 Å². The van der Waals surface area contributed by atoms with E-state index >= 15 is 0 Å². The lowest BCUT2D eigenvalue weighted by Gasteiger charge is -2.23. The van der Waals surface area contributed by atoms with E-state index < -0.39 is 35.6 Å². The number of alkyl halides is 2. The van der Waals surface area contributed by atoms with E-state index in [0.717, 1.165) is 6.20 Å². The monoisotopic (exact) mass is 333 g/mol. The molecule has 2 unspecified atom stereocenters. The van der Waals surface area contributed by atoms with Crippen LogP contribution in [0.4, 0.5) is 14.6 Å². The third-order valence-corrected chi connectivity index (χ3v) is 3.40. The summed E-state index contributed by atoms with van der Waals surface area (Å²) in [4.78, 5) is 15.5. The molecule has 1 aromatic rings. The zero-order valence-corrected chi connectivity index (χ0v) is 13.4. The number of aromatic nitrogens is 2. The number of nitrogens with one attached hydrogen (secondary N) is 1. The van der Waals surface area contributed by atoms with Crippen molar-refractivity contribution in [3.8, 4) is 0 Å². The van der Waals surface area contributed by atoms with Crippen molar-refractivity contribution in [2.45, 2.75) is 50.7 Å². The average Bonchev–Trinajstić information content (AvgIpc) is 2.67. The van der Waals surface area contributed by atoms with Crippen molar-refractivity contribution in [3.05, 3.63) is 22.7 Å². The van der Waals surface area contributed by atoms with E-state index in [1.54, 1.807) is 27.8 Å². The van der Waals surface area contributed by atoms with Gasteiger partial charge in [0.05, 0.1) is 12.2 Å². The average molecular weight is 333 g/mol. The van der Waals surface area contributed by atoms with Gasteiger partial charge in [-0.2, -0.15) is 13.8 Å². The molecule has 130 valence electrons. The van der Waals surface area contributed by atoms with Gasteiger partial charge in [-0.05, 0) is 26.8 Å². The van der Waals surface area contributed by atoms with Gasteiger partial charge in [-0.15, -0.1) is 0 Å². The first kappa shape index (κ1) is 17.8. The fraction of sp³-hybridized carbons (Fsp3) is 0.714. The van der Waals surface area contributed by atoms with E-state index in [4.69, 9.17) is 9.47 Å². The van der Waals surface area contributed by atoms with Crippen LogP contribution in [0.3, 0.4) is 0 Å². The maximum atomic E-state index is 14.3. The highest BCUT2D eigenvalue weighted by Crippen LogP contribution is 2.42. The SMILES string of the molecule is CNc1ccn([C@@H]2OC(COC(C)(C)C)C(O)C2(F)F)c(=O)n1. The Hall–Kier alpha value is -1.58. The molecule has 0 aliphatic carbocycles. The molecule has 1 aromatic heterocycles. The summed E-state index contributed by atoms with van der Waals surface area (Å²) < 4.78 is 39.8. The van der Waals surface area contributed by atoms with Crippen LogP contribution in [-0.2, 0) is 9.47 Å². The molecule has 1 aliphatic heterocycles. The van der Waals surface area contributed by atoms with Crippen LogP contribution in [0.15, 0.2) is 17.1 Å². The van der Waals surface area contributed by atoms with Crippen LogP contribution >= 0.6 is 0 Å². The number of hydrogen-bond donors (Lipinski definition) is 2. The second kappa shape index (κ2) is 6.14. The lowest BCUT2D eigenvalue weighted by molar-refractivity contribution is -0.141. The summed E-state index contributed by atoms with van der Waals surface area (Å²) >= 11 is 0. The van der Waals surface area contributed by atoms with Gasteiger partial charge in [-0.1, -0.05) is 0 Å². The lowest BCUT2D eigenvalue weighted by atomic mass is 10.1. The van der Waals surface area contributed by atoms with Gasteiger partial charge in [0, 0.05) is 13.2 Å². The Morgan fingerprint density at radius 1 is 1.52 bits per heavy atom. The summed E-state index contributed by atoms with van der Waals surface area (Å²) in [5, 5.41) is 12.5. The number of ether oxygens (including phenoxy) is 2. The van der Waals surface area contributed by atoms with Crippen molar-refractivity contribution in [3.63, 3.8) is 0 Å². The molecule has 0 bridgehead atoms. The Kier molecular flexibility index (Phi) is 4.74. The quantitative estimate of drug-likeness (QED) is 0.855. The molecule has 3 atom stereocenters. The third kappa shape index (κ3) is 3.67. The first-order valence-electron chi connectivity index (χ1n) is 7.18. The second-order valence-electron chi connectivity index (χ2n) is 6.32. The number of aliphatic hydroxyl groups excluding tert-OH is 1. The minimum Gasteiger partial charge on any atom is -0.384 e. The van der Waals surface area contributed by atoms with Crippen LogP contribution in [0.5, 0.6) is 0 Å². The van der Waals surface area contributed by atoms with Crippen molar-refractivity contribution in [1.29, 1.82) is 0 Å². The van der Waals surface area contributed by atoms with Gasteiger partial charge in [0.25, 0.3) is 0 Å². The number of nitrogens with zero attached hydrogens (tertiary/aromatic N) is 2. The zero-order valence-electron chi connectivity index (χ0n) is 13.4. The first-order valence-corrected chi connectivity index (χ1v) is 7.18. The molecule has 2 heterocycles. The summed E-state index contributed by atoms with van der Waals surface area (Å²) in [7, 11) is 1.55. The number of aliphatic hydroxyl groups is 1. The standard InChI is InChI=1S/C14H21F2N3O4/c1-13(2,3)22-7-8-10(20)14(15,16)11(23-8)19-6-5-9(17-4)18-12(19)21/h5-6,8,10-11,20H,7H2,1-4H3,(H,17,18,21)/t8?,10?,11-/m1/s1. The highest BCUT2D eigenvalue weighted by atomic mass is 19.3. The molecule has 1 fully saturated rings.